The maximum Gasteiger partial charge on any atom is 0.260 e. The molecule has 0 radical (unpaired) electrons. The van der Waals surface area contributed by atoms with Gasteiger partial charge in [0.15, 0.2) is 5.78 Å². The SMILES string of the molecule is C=CCc1cccc(C2C3=CCC4C(=O)N(c5ccc(C(=O)c6ccccc6)cc5)C(=O)C4C3CC3C(=O)N(Nc4ccc(F)cc4)C(=O)C32c2ccc(Cl)cc2)c1O. The van der Waals surface area contributed by atoms with Crippen molar-refractivity contribution in [3.05, 3.63) is 184 Å². The quantitative estimate of drug-likeness (QED) is 0.0873. The topological polar surface area (TPSA) is 124 Å². The molecule has 1 saturated carbocycles. The average Bonchev–Trinajstić information content (AvgIpc) is 3.63. The normalized spacial score (nSPS) is 24.6. The number of para-hydroxylation sites is 1. The molecule has 2 N–H and O–H groups in total. The number of hydrogen-bond donors (Lipinski definition) is 2. The lowest BCUT2D eigenvalue weighted by Crippen LogP contribution is -2.53. The van der Waals surface area contributed by atoms with E-state index < -0.39 is 64.5 Å². The third-order valence-corrected chi connectivity index (χ3v) is 12.8. The number of nitrogens with zero attached hydrogens (tertiary/aromatic N) is 2. The molecule has 2 aliphatic carbocycles. The van der Waals surface area contributed by atoms with Crippen molar-refractivity contribution >= 4 is 52.4 Å². The third-order valence-electron chi connectivity index (χ3n) is 12.5. The van der Waals surface area contributed by atoms with E-state index >= 15 is 4.79 Å². The molecule has 3 fully saturated rings. The molecule has 11 heteroatoms. The molecule has 294 valence electrons. The fourth-order valence-corrected chi connectivity index (χ4v) is 10.1. The van der Waals surface area contributed by atoms with Crippen LogP contribution >= 0.6 is 11.6 Å². The Labute approximate surface area is 344 Å². The van der Waals surface area contributed by atoms with Crippen LogP contribution in [0.3, 0.4) is 0 Å². The second-order valence-corrected chi connectivity index (χ2v) is 15.9. The summed E-state index contributed by atoms with van der Waals surface area (Å²) in [6, 6.07) is 32.4. The van der Waals surface area contributed by atoms with Crippen molar-refractivity contribution < 1.29 is 33.5 Å². The molecule has 0 bridgehead atoms. The molecular weight excluding hydrogens is 769 g/mol. The number of allylic oxidation sites excluding steroid dienone is 3. The fourth-order valence-electron chi connectivity index (χ4n) is 9.94. The van der Waals surface area contributed by atoms with Crippen LogP contribution in [0.25, 0.3) is 0 Å². The highest BCUT2D eigenvalue weighted by molar-refractivity contribution is 6.30. The summed E-state index contributed by atoms with van der Waals surface area (Å²) in [7, 11) is 0. The molecule has 5 aromatic carbocycles. The molecule has 2 heterocycles. The van der Waals surface area contributed by atoms with E-state index in [1.807, 2.05) is 12.1 Å². The second-order valence-electron chi connectivity index (χ2n) is 15.5. The first-order chi connectivity index (χ1) is 28.5. The minimum atomic E-state index is -1.65. The highest BCUT2D eigenvalue weighted by Gasteiger charge is 2.70. The van der Waals surface area contributed by atoms with Crippen molar-refractivity contribution in [3.8, 4) is 5.75 Å². The molecule has 4 aliphatic rings. The van der Waals surface area contributed by atoms with Crippen LogP contribution in [-0.4, -0.2) is 39.5 Å². The van der Waals surface area contributed by atoms with Crippen LogP contribution in [0.15, 0.2) is 146 Å². The van der Waals surface area contributed by atoms with Crippen LogP contribution in [0.1, 0.15) is 51.4 Å². The number of carbonyl (C=O) groups is 5. The lowest BCUT2D eigenvalue weighted by atomic mass is 9.49. The molecular formula is C48H37ClFN3O6. The number of nitrogens with one attached hydrogen (secondary N) is 1. The number of imide groups is 2. The smallest absolute Gasteiger partial charge is 0.260 e. The van der Waals surface area contributed by atoms with Gasteiger partial charge in [-0.1, -0.05) is 90.0 Å². The molecule has 9 rings (SSSR count). The number of hydrazine groups is 1. The molecule has 59 heavy (non-hydrogen) atoms. The van der Waals surface area contributed by atoms with Crippen LogP contribution in [0.5, 0.6) is 5.75 Å². The molecule has 6 atom stereocenters. The van der Waals surface area contributed by atoms with Gasteiger partial charge in [0.05, 0.1) is 34.5 Å². The Morgan fingerprint density at radius 1 is 0.831 bits per heavy atom. The van der Waals surface area contributed by atoms with Gasteiger partial charge in [-0.25, -0.2) is 4.39 Å². The van der Waals surface area contributed by atoms with Gasteiger partial charge in [-0.2, -0.15) is 5.01 Å². The van der Waals surface area contributed by atoms with Gasteiger partial charge >= 0.3 is 0 Å². The average molecular weight is 806 g/mol. The van der Waals surface area contributed by atoms with E-state index in [4.69, 9.17) is 11.6 Å². The number of carbonyl (C=O) groups excluding carboxylic acids is 5. The minimum absolute atomic E-state index is 0.0305. The van der Waals surface area contributed by atoms with Gasteiger partial charge in [0.25, 0.3) is 11.8 Å². The summed E-state index contributed by atoms with van der Waals surface area (Å²) in [5, 5.41) is 13.4. The Bertz CT molecular complexity index is 2590. The van der Waals surface area contributed by atoms with E-state index in [-0.39, 0.29) is 24.4 Å². The first-order valence-electron chi connectivity index (χ1n) is 19.4. The van der Waals surface area contributed by atoms with Crippen LogP contribution < -0.4 is 10.3 Å². The lowest BCUT2D eigenvalue weighted by molar-refractivity contribution is -0.138. The minimum Gasteiger partial charge on any atom is -0.507 e. The third kappa shape index (κ3) is 5.92. The lowest BCUT2D eigenvalue weighted by Gasteiger charge is -2.50. The Balaban J connectivity index is 1.17. The standard InChI is InChI=1S/C48H37ClFN3O6/c1-2-7-27-10-6-11-37(43(27)55)41-35-24-25-36-40(46(58)52(44(36)56)34-22-12-29(13-23-34)42(54)28-8-4-3-5-9-28)38(35)26-39-45(57)53(51-33-20-18-32(50)19-21-33)47(59)48(39,41)30-14-16-31(49)17-15-30/h2-6,8-24,36,38-41,51,55H,1,7,25-26H2. The molecule has 0 aromatic heterocycles. The number of rotatable bonds is 9. The zero-order valence-corrected chi connectivity index (χ0v) is 32.3. The summed E-state index contributed by atoms with van der Waals surface area (Å²) >= 11 is 6.40. The number of aromatic hydroxyl groups is 1. The largest absolute Gasteiger partial charge is 0.507 e. The number of hydrogen-bond acceptors (Lipinski definition) is 7. The summed E-state index contributed by atoms with van der Waals surface area (Å²) < 4.78 is 14.0. The van der Waals surface area contributed by atoms with Crippen molar-refractivity contribution in [2.45, 2.75) is 30.6 Å². The van der Waals surface area contributed by atoms with Crippen LogP contribution in [0.2, 0.25) is 5.02 Å². The molecule has 2 saturated heterocycles. The van der Waals surface area contributed by atoms with Gasteiger partial charge in [-0.05, 0) is 97.0 Å². The van der Waals surface area contributed by atoms with E-state index in [0.717, 1.165) is 5.01 Å². The zero-order chi connectivity index (χ0) is 41.2. The van der Waals surface area contributed by atoms with Crippen molar-refractivity contribution in [1.82, 2.24) is 5.01 Å². The Hall–Kier alpha value is -6.65. The van der Waals surface area contributed by atoms with Gasteiger partial charge in [0.1, 0.15) is 11.6 Å². The van der Waals surface area contributed by atoms with Crippen LogP contribution in [0, 0.1) is 29.5 Å². The maximum atomic E-state index is 15.4. The summed E-state index contributed by atoms with van der Waals surface area (Å²) in [4.78, 5) is 73.8. The van der Waals surface area contributed by atoms with Gasteiger partial charge in [0.2, 0.25) is 11.8 Å². The molecule has 9 nitrogen and oxygen atoms in total. The maximum absolute atomic E-state index is 15.4. The number of fused-ring (bicyclic) bond motifs is 4. The van der Waals surface area contributed by atoms with Crippen LogP contribution in [-0.2, 0) is 31.0 Å². The number of anilines is 2. The number of amides is 4. The van der Waals surface area contributed by atoms with Crippen molar-refractivity contribution in [2.24, 2.45) is 23.7 Å². The highest BCUT2D eigenvalue weighted by Crippen LogP contribution is 2.65. The predicted octanol–water partition coefficient (Wildman–Crippen LogP) is 8.33. The van der Waals surface area contributed by atoms with Gasteiger partial charge < -0.3 is 5.11 Å². The summed E-state index contributed by atoms with van der Waals surface area (Å²) in [5.74, 6) is -7.18. The first kappa shape index (κ1) is 37.9. The Kier molecular flexibility index (Phi) is 9.39. The molecule has 5 aromatic rings. The van der Waals surface area contributed by atoms with Gasteiger partial charge in [-0.3, -0.25) is 34.3 Å². The summed E-state index contributed by atoms with van der Waals surface area (Å²) in [5.41, 5.74) is 4.90. The number of phenolic OH excluding ortho intramolecular Hbond substituents is 1. The predicted molar refractivity (Wildman–Crippen MR) is 220 cm³/mol. The second kappa shape index (κ2) is 14.6. The van der Waals surface area contributed by atoms with E-state index in [2.05, 4.69) is 12.0 Å². The highest BCUT2D eigenvalue weighted by atomic mass is 35.5. The number of ketones is 1. The van der Waals surface area contributed by atoms with E-state index in [0.29, 0.717) is 56.2 Å². The first-order valence-corrected chi connectivity index (χ1v) is 19.8. The van der Waals surface area contributed by atoms with Crippen molar-refractivity contribution in [1.29, 1.82) is 0 Å². The van der Waals surface area contributed by atoms with Gasteiger partial charge in [-0.15, -0.1) is 6.58 Å². The van der Waals surface area contributed by atoms with Crippen LogP contribution in [0.4, 0.5) is 15.8 Å². The molecule has 4 amide bonds. The zero-order valence-electron chi connectivity index (χ0n) is 31.6. The molecule has 0 spiro atoms. The Morgan fingerprint density at radius 2 is 1.53 bits per heavy atom. The van der Waals surface area contributed by atoms with E-state index in [1.54, 1.807) is 97.1 Å². The summed E-state index contributed by atoms with van der Waals surface area (Å²) in [6.07, 6.45) is 4.09. The van der Waals surface area contributed by atoms with E-state index in [9.17, 15) is 28.7 Å². The number of halogens is 2. The van der Waals surface area contributed by atoms with Crippen molar-refractivity contribution in [3.63, 3.8) is 0 Å². The Morgan fingerprint density at radius 3 is 2.22 bits per heavy atom. The molecule has 2 aliphatic heterocycles. The van der Waals surface area contributed by atoms with Gasteiger partial charge in [0, 0.05) is 27.6 Å². The fraction of sp³-hybridized carbons (Fsp3) is 0.188. The number of benzene rings is 5. The van der Waals surface area contributed by atoms with Crippen molar-refractivity contribution in [2.75, 3.05) is 10.3 Å². The monoisotopic (exact) mass is 805 g/mol. The molecule has 6 unspecified atom stereocenters. The van der Waals surface area contributed by atoms with E-state index in [1.165, 1.54) is 29.2 Å². The number of phenols is 1. The summed E-state index contributed by atoms with van der Waals surface area (Å²) in [6.45, 7) is 3.85.